The van der Waals surface area contributed by atoms with Gasteiger partial charge in [-0.2, -0.15) is 17.6 Å². The van der Waals surface area contributed by atoms with Crippen LogP contribution in [0, 0.1) is 0 Å². The number of halogens is 1. The highest BCUT2D eigenvalue weighted by atomic mass is 35.5. The number of hydrogen-bond donors (Lipinski definition) is 2. The number of carbonyl (C=O) groups is 2. The number of rotatable bonds is 4. The molecule has 5 heterocycles. The number of benzene rings is 1. The molecule has 2 aromatic rings. The molecule has 0 radical (unpaired) electrons. The van der Waals surface area contributed by atoms with Crippen LogP contribution in [0.15, 0.2) is 23.1 Å². The molecular formula is C24H27ClN6O2S2. The van der Waals surface area contributed by atoms with Gasteiger partial charge in [-0.05, 0) is 34.7 Å². The van der Waals surface area contributed by atoms with Crippen molar-refractivity contribution in [3.8, 4) is 0 Å². The lowest BCUT2D eigenvalue weighted by Crippen LogP contribution is -2.51. The number of piperazine rings is 1. The van der Waals surface area contributed by atoms with Crippen LogP contribution in [0.3, 0.4) is 0 Å². The second-order valence-corrected chi connectivity index (χ2v) is 11.4. The van der Waals surface area contributed by atoms with Gasteiger partial charge in [-0.3, -0.25) is 24.7 Å². The van der Waals surface area contributed by atoms with E-state index < -0.39 is 0 Å². The summed E-state index contributed by atoms with van der Waals surface area (Å²) in [7, 11) is 0. The van der Waals surface area contributed by atoms with Gasteiger partial charge >= 0.3 is 0 Å². The molecule has 0 spiro atoms. The lowest BCUT2D eigenvalue weighted by atomic mass is 10.0. The van der Waals surface area contributed by atoms with Crippen LogP contribution in [0.25, 0.3) is 0 Å². The summed E-state index contributed by atoms with van der Waals surface area (Å²) in [5, 5.41) is 2.68. The molecule has 2 atom stereocenters. The van der Waals surface area contributed by atoms with E-state index >= 15 is 0 Å². The van der Waals surface area contributed by atoms with Gasteiger partial charge in [0.05, 0.1) is 22.0 Å². The Bertz CT molecular complexity index is 1190. The molecule has 1 aromatic heterocycles. The van der Waals surface area contributed by atoms with E-state index in [1.807, 2.05) is 11.8 Å². The van der Waals surface area contributed by atoms with Crippen molar-refractivity contribution >= 4 is 53.6 Å². The zero-order valence-corrected chi connectivity index (χ0v) is 21.7. The highest BCUT2D eigenvalue weighted by Gasteiger charge is 2.40. The third kappa shape index (κ3) is 4.44. The van der Waals surface area contributed by atoms with E-state index in [0.717, 1.165) is 62.0 Å². The second-order valence-electron chi connectivity index (χ2n) is 9.45. The smallest absolute Gasteiger partial charge is 0.243 e. The molecule has 1 aromatic carbocycles. The summed E-state index contributed by atoms with van der Waals surface area (Å²) in [4.78, 5) is 41.2. The monoisotopic (exact) mass is 530 g/mol. The van der Waals surface area contributed by atoms with Crippen molar-refractivity contribution in [1.82, 2.24) is 25.1 Å². The van der Waals surface area contributed by atoms with E-state index in [9.17, 15) is 9.59 Å². The molecule has 4 aliphatic rings. The van der Waals surface area contributed by atoms with Crippen LogP contribution in [-0.2, 0) is 29.1 Å². The number of aromatic nitrogens is 2. The fourth-order valence-corrected chi connectivity index (χ4v) is 7.34. The Balaban J connectivity index is 1.14. The van der Waals surface area contributed by atoms with Crippen LogP contribution in [0.4, 0.5) is 5.82 Å². The van der Waals surface area contributed by atoms with Crippen molar-refractivity contribution in [2.45, 2.75) is 48.7 Å². The SMILES string of the molecule is O=C1CCC(N2Cc3c(CN4CCN(c5nc(Cl)nc6c5SCC6)CC4)cccc3C2S)C(=O)N1. The Morgan fingerprint density at radius 1 is 1.14 bits per heavy atom. The van der Waals surface area contributed by atoms with Crippen molar-refractivity contribution in [2.24, 2.45) is 0 Å². The number of aryl methyl sites for hydroxylation is 1. The molecule has 2 saturated heterocycles. The molecule has 4 aliphatic heterocycles. The van der Waals surface area contributed by atoms with Crippen molar-refractivity contribution < 1.29 is 9.59 Å². The van der Waals surface area contributed by atoms with Gasteiger partial charge in [-0.1, -0.05) is 18.2 Å². The van der Waals surface area contributed by atoms with Crippen LogP contribution in [0.1, 0.15) is 40.6 Å². The fourth-order valence-electron chi connectivity index (χ4n) is 5.56. The minimum absolute atomic E-state index is 0.146. The summed E-state index contributed by atoms with van der Waals surface area (Å²) in [6.07, 6.45) is 1.87. The summed E-state index contributed by atoms with van der Waals surface area (Å²) in [5.74, 6) is 1.63. The van der Waals surface area contributed by atoms with Gasteiger partial charge in [-0.25, -0.2) is 4.98 Å². The largest absolute Gasteiger partial charge is 0.353 e. The zero-order chi connectivity index (χ0) is 24.1. The number of carbonyl (C=O) groups excluding carboxylic acids is 2. The molecule has 8 nitrogen and oxygen atoms in total. The number of thioether (sulfide) groups is 1. The third-order valence-corrected chi connectivity index (χ3v) is 9.25. The predicted molar refractivity (Wildman–Crippen MR) is 139 cm³/mol. The maximum absolute atomic E-state index is 12.5. The van der Waals surface area contributed by atoms with E-state index in [4.69, 9.17) is 24.2 Å². The summed E-state index contributed by atoms with van der Waals surface area (Å²) >= 11 is 12.9. The Labute approximate surface area is 219 Å². The summed E-state index contributed by atoms with van der Waals surface area (Å²) < 4.78 is 0. The number of nitrogens with zero attached hydrogens (tertiary/aromatic N) is 5. The van der Waals surface area contributed by atoms with Crippen LogP contribution >= 0.6 is 36.0 Å². The van der Waals surface area contributed by atoms with E-state index in [2.05, 4.69) is 48.2 Å². The number of imide groups is 1. The number of hydrogen-bond acceptors (Lipinski definition) is 9. The van der Waals surface area contributed by atoms with E-state index in [-0.39, 0.29) is 23.2 Å². The second kappa shape index (κ2) is 9.55. The number of thiol groups is 1. The number of amides is 2. The third-order valence-electron chi connectivity index (χ3n) is 7.39. The first-order chi connectivity index (χ1) is 17.0. The Morgan fingerprint density at radius 2 is 1.97 bits per heavy atom. The van der Waals surface area contributed by atoms with Gasteiger partial charge in [-0.15, -0.1) is 11.8 Å². The average Bonchev–Trinajstić information content (AvgIpc) is 3.44. The molecule has 35 heavy (non-hydrogen) atoms. The molecule has 11 heteroatoms. The fraction of sp³-hybridized carbons (Fsp3) is 0.500. The first kappa shape index (κ1) is 23.5. The average molecular weight is 531 g/mol. The first-order valence-electron chi connectivity index (χ1n) is 12.0. The first-order valence-corrected chi connectivity index (χ1v) is 13.9. The van der Waals surface area contributed by atoms with E-state index in [1.165, 1.54) is 16.0 Å². The normalized spacial score (nSPS) is 25.0. The quantitative estimate of drug-likeness (QED) is 0.355. The molecule has 6 rings (SSSR count). The van der Waals surface area contributed by atoms with Crippen LogP contribution in [0.5, 0.6) is 0 Å². The van der Waals surface area contributed by atoms with E-state index in [0.29, 0.717) is 24.7 Å². The molecule has 0 bridgehead atoms. The Hall–Kier alpha value is -1.85. The topological polar surface area (TPSA) is 81.7 Å². The van der Waals surface area contributed by atoms with Crippen molar-refractivity contribution in [2.75, 3.05) is 36.8 Å². The van der Waals surface area contributed by atoms with Gasteiger partial charge in [0.25, 0.3) is 0 Å². The minimum atomic E-state index is -0.321. The van der Waals surface area contributed by atoms with Gasteiger partial charge in [0.2, 0.25) is 17.1 Å². The van der Waals surface area contributed by atoms with Crippen molar-refractivity contribution in [1.29, 1.82) is 0 Å². The lowest BCUT2D eigenvalue weighted by molar-refractivity contribution is -0.137. The maximum Gasteiger partial charge on any atom is 0.243 e. The number of nitrogens with one attached hydrogen (secondary N) is 1. The number of anilines is 1. The highest BCUT2D eigenvalue weighted by molar-refractivity contribution is 7.99. The highest BCUT2D eigenvalue weighted by Crippen LogP contribution is 2.41. The predicted octanol–water partition coefficient (Wildman–Crippen LogP) is 2.65. The summed E-state index contributed by atoms with van der Waals surface area (Å²) in [6.45, 7) is 5.20. The Kier molecular flexibility index (Phi) is 6.42. The van der Waals surface area contributed by atoms with E-state index in [1.54, 1.807) is 0 Å². The standard InChI is InChI=1S/C24H27ClN6O2S2/c25-24-26-17-6-11-35-20(17)21(28-24)30-9-7-29(8-10-30)12-14-2-1-3-15-16(14)13-31(23(15)34)18-4-5-19(32)27-22(18)33/h1-3,18,23,34H,4-13H2,(H,27,32,33). The molecule has 2 fully saturated rings. The maximum atomic E-state index is 12.5. The van der Waals surface area contributed by atoms with Gasteiger partial charge in [0, 0.05) is 57.9 Å². The van der Waals surface area contributed by atoms with Crippen LogP contribution in [0.2, 0.25) is 5.28 Å². The molecule has 2 unspecified atom stereocenters. The molecule has 0 aliphatic carbocycles. The van der Waals surface area contributed by atoms with Crippen molar-refractivity contribution in [3.63, 3.8) is 0 Å². The molecule has 1 N–H and O–H groups in total. The van der Waals surface area contributed by atoms with Gasteiger partial charge in [0.1, 0.15) is 5.82 Å². The molecule has 184 valence electrons. The zero-order valence-electron chi connectivity index (χ0n) is 19.2. The number of fused-ring (bicyclic) bond motifs is 2. The lowest BCUT2D eigenvalue weighted by Gasteiger charge is -2.36. The van der Waals surface area contributed by atoms with Crippen LogP contribution < -0.4 is 10.2 Å². The van der Waals surface area contributed by atoms with Gasteiger partial charge in [0.15, 0.2) is 0 Å². The minimum Gasteiger partial charge on any atom is -0.353 e. The van der Waals surface area contributed by atoms with Crippen LogP contribution in [-0.4, -0.2) is 69.6 Å². The Morgan fingerprint density at radius 3 is 2.77 bits per heavy atom. The molecule has 0 saturated carbocycles. The summed E-state index contributed by atoms with van der Waals surface area (Å²) in [5.41, 5.74) is 4.79. The molecular weight excluding hydrogens is 504 g/mol. The van der Waals surface area contributed by atoms with Gasteiger partial charge < -0.3 is 4.90 Å². The van der Waals surface area contributed by atoms with Crippen molar-refractivity contribution in [3.05, 3.63) is 45.9 Å². The molecule has 2 amide bonds. The summed E-state index contributed by atoms with van der Waals surface area (Å²) in [6, 6.07) is 6.06. The number of piperidine rings is 1.